The summed E-state index contributed by atoms with van der Waals surface area (Å²) in [5.74, 6) is 1.03. The SMILES string of the molecule is Cc1csc(C(C)Nc2cccc3nccn23)n1. The first-order valence-electron chi connectivity index (χ1n) is 5.84. The Balaban J connectivity index is 1.90. The lowest BCUT2D eigenvalue weighted by atomic mass is 10.3. The molecule has 0 spiro atoms. The van der Waals surface area contributed by atoms with Crippen LogP contribution in [-0.2, 0) is 0 Å². The molecule has 3 aromatic rings. The number of hydrogen-bond acceptors (Lipinski definition) is 4. The van der Waals surface area contributed by atoms with Crippen LogP contribution in [0, 0.1) is 6.92 Å². The zero-order valence-electron chi connectivity index (χ0n) is 10.3. The summed E-state index contributed by atoms with van der Waals surface area (Å²) >= 11 is 1.69. The third-order valence-corrected chi connectivity index (χ3v) is 3.95. The molecule has 3 rings (SSSR count). The maximum Gasteiger partial charge on any atom is 0.138 e. The van der Waals surface area contributed by atoms with Gasteiger partial charge < -0.3 is 5.32 Å². The number of imidazole rings is 1. The quantitative estimate of drug-likeness (QED) is 0.784. The summed E-state index contributed by atoms with van der Waals surface area (Å²) in [5, 5.41) is 6.65. The summed E-state index contributed by atoms with van der Waals surface area (Å²) < 4.78 is 2.04. The highest BCUT2D eigenvalue weighted by molar-refractivity contribution is 7.09. The molecule has 1 N–H and O–H groups in total. The van der Waals surface area contributed by atoms with Crippen molar-refractivity contribution in [1.82, 2.24) is 14.4 Å². The van der Waals surface area contributed by atoms with Gasteiger partial charge in [0.1, 0.15) is 16.5 Å². The Morgan fingerprint density at radius 2 is 2.28 bits per heavy atom. The predicted molar refractivity (Wildman–Crippen MR) is 74.1 cm³/mol. The molecule has 92 valence electrons. The Labute approximate surface area is 109 Å². The number of nitrogens with one attached hydrogen (secondary N) is 1. The molecule has 0 aliphatic rings. The summed E-state index contributed by atoms with van der Waals surface area (Å²) in [6, 6.07) is 6.23. The monoisotopic (exact) mass is 258 g/mol. The predicted octanol–water partition coefficient (Wildman–Crippen LogP) is 3.27. The van der Waals surface area contributed by atoms with E-state index in [9.17, 15) is 0 Å². The number of pyridine rings is 1. The summed E-state index contributed by atoms with van der Waals surface area (Å²) in [7, 11) is 0. The van der Waals surface area contributed by atoms with Crippen molar-refractivity contribution < 1.29 is 0 Å². The zero-order valence-corrected chi connectivity index (χ0v) is 11.1. The minimum absolute atomic E-state index is 0.191. The average molecular weight is 258 g/mol. The van der Waals surface area contributed by atoms with Crippen molar-refractivity contribution in [1.29, 1.82) is 0 Å². The van der Waals surface area contributed by atoms with Gasteiger partial charge in [-0.2, -0.15) is 0 Å². The summed E-state index contributed by atoms with van der Waals surface area (Å²) in [6.45, 7) is 4.14. The molecule has 0 bridgehead atoms. The molecule has 0 aromatic carbocycles. The van der Waals surface area contributed by atoms with Crippen molar-refractivity contribution in [2.45, 2.75) is 19.9 Å². The standard InChI is InChI=1S/C13H14N4S/c1-9-8-18-13(15-9)10(2)16-12-5-3-4-11-14-6-7-17(11)12/h3-8,10,16H,1-2H3. The third kappa shape index (κ3) is 1.97. The number of anilines is 1. The number of fused-ring (bicyclic) bond motifs is 1. The smallest absolute Gasteiger partial charge is 0.138 e. The van der Waals surface area contributed by atoms with Gasteiger partial charge in [-0.25, -0.2) is 9.97 Å². The molecule has 0 aliphatic heterocycles. The van der Waals surface area contributed by atoms with Gasteiger partial charge in [-0.15, -0.1) is 11.3 Å². The lowest BCUT2D eigenvalue weighted by Gasteiger charge is -2.14. The molecule has 0 aliphatic carbocycles. The molecule has 0 fully saturated rings. The largest absolute Gasteiger partial charge is 0.362 e. The second kappa shape index (κ2) is 4.42. The van der Waals surface area contributed by atoms with E-state index < -0.39 is 0 Å². The molecule has 0 saturated heterocycles. The summed E-state index contributed by atoms with van der Waals surface area (Å²) in [4.78, 5) is 8.78. The van der Waals surface area contributed by atoms with E-state index >= 15 is 0 Å². The fourth-order valence-electron chi connectivity index (χ4n) is 1.92. The van der Waals surface area contributed by atoms with Crippen LogP contribution in [0.25, 0.3) is 5.65 Å². The van der Waals surface area contributed by atoms with Crippen LogP contribution in [-0.4, -0.2) is 14.4 Å². The van der Waals surface area contributed by atoms with E-state index in [1.165, 1.54) is 0 Å². The van der Waals surface area contributed by atoms with Crippen molar-refractivity contribution in [2.75, 3.05) is 5.32 Å². The van der Waals surface area contributed by atoms with Gasteiger partial charge in [-0.3, -0.25) is 4.40 Å². The average Bonchev–Trinajstić information content (AvgIpc) is 2.97. The molecule has 1 atom stereocenters. The third-order valence-electron chi connectivity index (χ3n) is 2.80. The van der Waals surface area contributed by atoms with Crippen LogP contribution in [0.5, 0.6) is 0 Å². The maximum absolute atomic E-state index is 4.51. The summed E-state index contributed by atoms with van der Waals surface area (Å²) in [5.41, 5.74) is 2.02. The van der Waals surface area contributed by atoms with E-state index in [0.717, 1.165) is 22.2 Å². The Bertz CT molecular complexity index is 670. The first-order valence-corrected chi connectivity index (χ1v) is 6.72. The molecule has 1 unspecified atom stereocenters. The second-order valence-electron chi connectivity index (χ2n) is 4.26. The van der Waals surface area contributed by atoms with Gasteiger partial charge in [0, 0.05) is 23.5 Å². The van der Waals surface area contributed by atoms with Gasteiger partial charge in [0.2, 0.25) is 0 Å². The number of aryl methyl sites for hydroxylation is 1. The van der Waals surface area contributed by atoms with Crippen LogP contribution >= 0.6 is 11.3 Å². The fraction of sp³-hybridized carbons (Fsp3) is 0.231. The second-order valence-corrected chi connectivity index (χ2v) is 5.15. The first kappa shape index (κ1) is 11.2. The number of hydrogen-bond donors (Lipinski definition) is 1. The van der Waals surface area contributed by atoms with Crippen molar-refractivity contribution in [3.8, 4) is 0 Å². The highest BCUT2D eigenvalue weighted by atomic mass is 32.1. The van der Waals surface area contributed by atoms with Crippen molar-refractivity contribution in [3.63, 3.8) is 0 Å². The first-order chi connectivity index (χ1) is 8.74. The highest BCUT2D eigenvalue weighted by Crippen LogP contribution is 2.22. The Morgan fingerprint density at radius 3 is 3.06 bits per heavy atom. The van der Waals surface area contributed by atoms with Crippen LogP contribution in [0.15, 0.2) is 36.0 Å². The van der Waals surface area contributed by atoms with E-state index in [1.807, 2.05) is 35.7 Å². The maximum atomic E-state index is 4.51. The molecule has 3 heterocycles. The van der Waals surface area contributed by atoms with E-state index in [0.29, 0.717) is 0 Å². The van der Waals surface area contributed by atoms with Gasteiger partial charge in [-0.05, 0) is 26.0 Å². The number of thiazole rings is 1. The number of nitrogens with zero attached hydrogens (tertiary/aromatic N) is 3. The Morgan fingerprint density at radius 1 is 1.39 bits per heavy atom. The van der Waals surface area contributed by atoms with Gasteiger partial charge in [0.05, 0.1) is 6.04 Å². The van der Waals surface area contributed by atoms with Crippen molar-refractivity contribution in [2.24, 2.45) is 0 Å². The molecule has 0 saturated carbocycles. The number of rotatable bonds is 3. The van der Waals surface area contributed by atoms with Crippen LogP contribution < -0.4 is 5.32 Å². The minimum atomic E-state index is 0.191. The summed E-state index contributed by atoms with van der Waals surface area (Å²) in [6.07, 6.45) is 3.76. The lowest BCUT2D eigenvalue weighted by molar-refractivity contribution is 0.850. The van der Waals surface area contributed by atoms with E-state index in [2.05, 4.69) is 27.6 Å². The van der Waals surface area contributed by atoms with E-state index in [1.54, 1.807) is 17.5 Å². The normalized spacial score (nSPS) is 12.8. The molecular formula is C13H14N4S. The van der Waals surface area contributed by atoms with Gasteiger partial charge in [0.25, 0.3) is 0 Å². The molecule has 4 nitrogen and oxygen atoms in total. The van der Waals surface area contributed by atoms with Crippen LogP contribution in [0.4, 0.5) is 5.82 Å². The highest BCUT2D eigenvalue weighted by Gasteiger charge is 2.10. The molecule has 5 heteroatoms. The van der Waals surface area contributed by atoms with Crippen molar-refractivity contribution >= 4 is 22.8 Å². The van der Waals surface area contributed by atoms with E-state index in [-0.39, 0.29) is 6.04 Å². The van der Waals surface area contributed by atoms with Crippen molar-refractivity contribution in [3.05, 3.63) is 46.7 Å². The van der Waals surface area contributed by atoms with Crippen LogP contribution in [0.3, 0.4) is 0 Å². The van der Waals surface area contributed by atoms with Crippen LogP contribution in [0.1, 0.15) is 23.7 Å². The minimum Gasteiger partial charge on any atom is -0.362 e. The fourth-order valence-corrected chi connectivity index (χ4v) is 2.72. The molecule has 18 heavy (non-hydrogen) atoms. The van der Waals surface area contributed by atoms with Gasteiger partial charge in [-0.1, -0.05) is 6.07 Å². The number of aromatic nitrogens is 3. The van der Waals surface area contributed by atoms with E-state index in [4.69, 9.17) is 0 Å². The topological polar surface area (TPSA) is 42.2 Å². The Kier molecular flexibility index (Phi) is 2.76. The molecular weight excluding hydrogens is 244 g/mol. The molecule has 0 amide bonds. The molecule has 0 radical (unpaired) electrons. The van der Waals surface area contributed by atoms with Crippen LogP contribution in [0.2, 0.25) is 0 Å². The van der Waals surface area contributed by atoms with Gasteiger partial charge >= 0.3 is 0 Å². The molecule has 3 aromatic heterocycles. The van der Waals surface area contributed by atoms with Gasteiger partial charge in [0.15, 0.2) is 0 Å². The Hall–Kier alpha value is -1.88. The lowest BCUT2D eigenvalue weighted by Crippen LogP contribution is -2.09. The zero-order chi connectivity index (χ0) is 12.5.